The van der Waals surface area contributed by atoms with E-state index in [9.17, 15) is 39.0 Å². The van der Waals surface area contributed by atoms with Crippen LogP contribution in [-0.4, -0.2) is 102 Å². The van der Waals surface area contributed by atoms with Crippen molar-refractivity contribution in [3.63, 3.8) is 0 Å². The van der Waals surface area contributed by atoms with Gasteiger partial charge in [-0.1, -0.05) is 12.1 Å². The van der Waals surface area contributed by atoms with Crippen LogP contribution in [0.25, 0.3) is 0 Å². The minimum absolute atomic E-state index is 0.0109. The molecule has 2 atom stereocenters. The maximum absolute atomic E-state index is 13.9. The van der Waals surface area contributed by atoms with Gasteiger partial charge >= 0.3 is 23.9 Å². The van der Waals surface area contributed by atoms with Gasteiger partial charge in [-0.15, -0.1) is 0 Å². The third-order valence-corrected chi connectivity index (χ3v) is 7.65. The lowest BCUT2D eigenvalue weighted by atomic mass is 9.75. The van der Waals surface area contributed by atoms with Crippen LogP contribution in [0.5, 0.6) is 23.0 Å². The maximum Gasteiger partial charge on any atom is 0.343 e. The molecule has 0 saturated heterocycles. The number of allylic oxidation sites excluding steroid dienone is 2. The molecular weight excluding hydrogens is 664 g/mol. The van der Waals surface area contributed by atoms with E-state index < -0.39 is 96.0 Å². The van der Waals surface area contributed by atoms with Crippen molar-refractivity contribution < 1.29 is 76.9 Å². The molecule has 0 saturated carbocycles. The molecule has 0 aliphatic heterocycles. The van der Waals surface area contributed by atoms with Gasteiger partial charge in [0.15, 0.2) is 47.7 Å². The molecule has 16 heteroatoms. The normalized spacial score (nSPS) is 14.0. The number of ether oxygens (including phenoxy) is 8. The highest BCUT2D eigenvalue weighted by Crippen LogP contribution is 2.43. The summed E-state index contributed by atoms with van der Waals surface area (Å²) in [6, 6.07) is 8.26. The molecular formula is C34H36O16. The highest BCUT2D eigenvalue weighted by Gasteiger charge is 2.43. The number of aliphatic hydroxyl groups excluding tert-OH is 2. The zero-order valence-corrected chi connectivity index (χ0v) is 28.1. The Labute approximate surface area is 286 Å². The molecule has 3 rings (SSSR count). The molecule has 0 spiro atoms. The third-order valence-electron chi connectivity index (χ3n) is 7.65. The van der Waals surface area contributed by atoms with Crippen molar-refractivity contribution in [1.29, 1.82) is 0 Å². The highest BCUT2D eigenvalue weighted by molar-refractivity contribution is 6.24. The van der Waals surface area contributed by atoms with Crippen molar-refractivity contribution in [1.82, 2.24) is 0 Å². The molecule has 0 bridgehead atoms. The Kier molecular flexibility index (Phi) is 13.3. The van der Waals surface area contributed by atoms with Gasteiger partial charge < -0.3 is 48.1 Å². The molecule has 1 aliphatic rings. The lowest BCUT2D eigenvalue weighted by Crippen LogP contribution is -2.31. The summed E-state index contributed by atoms with van der Waals surface area (Å²) in [6.07, 6.45) is -1.18. The van der Waals surface area contributed by atoms with E-state index in [1.54, 1.807) is 0 Å². The molecule has 0 fully saturated rings. The second-order valence-electron chi connectivity index (χ2n) is 10.4. The standard InChI is InChI=1S/C34H36O16/c1-43-21-9-7-17(11-23(21)49-15-27(37)47-5)19(13-25(35)45-3)29-31(39)33(41)30(34(42)32(29)40)20(14-26(36)46-4)18-8-10-22(44-2)24(12-18)50-16-28(38)48-6/h7-12,19-20,39,42H,13-16H2,1-6H3/t19-,20-/m1/s1. The number of benzene rings is 2. The summed E-state index contributed by atoms with van der Waals surface area (Å²) in [4.78, 5) is 76.5. The largest absolute Gasteiger partial charge is 0.504 e. The fourth-order valence-corrected chi connectivity index (χ4v) is 5.07. The molecule has 0 heterocycles. The molecule has 0 aromatic heterocycles. The molecule has 0 amide bonds. The zero-order chi connectivity index (χ0) is 37.1. The average Bonchev–Trinajstić information content (AvgIpc) is 3.13. The monoisotopic (exact) mass is 700 g/mol. The summed E-state index contributed by atoms with van der Waals surface area (Å²) in [5.41, 5.74) is -1.05. The number of methoxy groups -OCH3 is 6. The summed E-state index contributed by atoms with van der Waals surface area (Å²) in [7, 11) is 7.15. The summed E-state index contributed by atoms with van der Waals surface area (Å²) in [5.74, 6) is -10.3. The quantitative estimate of drug-likeness (QED) is 0.146. The first-order chi connectivity index (χ1) is 23.8. The van der Waals surface area contributed by atoms with Gasteiger partial charge in [-0.05, 0) is 35.4 Å². The van der Waals surface area contributed by atoms with E-state index in [1.165, 1.54) is 50.6 Å². The molecule has 2 N–H and O–H groups in total. The Hall–Kier alpha value is -6.06. The number of hydrogen-bond donors (Lipinski definition) is 2. The van der Waals surface area contributed by atoms with E-state index in [0.717, 1.165) is 28.4 Å². The molecule has 1 aliphatic carbocycles. The van der Waals surface area contributed by atoms with Gasteiger partial charge in [0.25, 0.3) is 0 Å². The summed E-state index contributed by atoms with van der Waals surface area (Å²) in [6.45, 7) is -1.06. The van der Waals surface area contributed by atoms with Gasteiger partial charge in [0, 0.05) is 11.8 Å². The van der Waals surface area contributed by atoms with Crippen molar-refractivity contribution in [3.8, 4) is 23.0 Å². The molecule has 2 aromatic rings. The van der Waals surface area contributed by atoms with Crippen LogP contribution in [0.3, 0.4) is 0 Å². The van der Waals surface area contributed by atoms with Crippen molar-refractivity contribution in [3.05, 3.63) is 70.2 Å². The van der Waals surface area contributed by atoms with E-state index in [0.29, 0.717) is 0 Å². The Morgan fingerprint density at radius 3 is 1.18 bits per heavy atom. The first-order valence-electron chi connectivity index (χ1n) is 14.7. The Bertz CT molecular complexity index is 1590. The van der Waals surface area contributed by atoms with E-state index in [4.69, 9.17) is 28.4 Å². The molecule has 268 valence electrons. The average molecular weight is 701 g/mol. The van der Waals surface area contributed by atoms with Gasteiger partial charge in [-0.25, -0.2) is 9.59 Å². The van der Waals surface area contributed by atoms with Crippen molar-refractivity contribution in [2.75, 3.05) is 55.9 Å². The predicted octanol–water partition coefficient (Wildman–Crippen LogP) is 2.58. The van der Waals surface area contributed by atoms with Crippen LogP contribution in [-0.2, 0) is 47.7 Å². The van der Waals surface area contributed by atoms with Crippen LogP contribution in [0.1, 0.15) is 35.8 Å². The van der Waals surface area contributed by atoms with Gasteiger partial charge in [0.05, 0.1) is 66.6 Å². The van der Waals surface area contributed by atoms with Crippen LogP contribution in [0, 0.1) is 0 Å². The minimum atomic E-state index is -1.40. The number of ketones is 2. The lowest BCUT2D eigenvalue weighted by Gasteiger charge is -2.28. The van der Waals surface area contributed by atoms with Crippen molar-refractivity contribution in [2.24, 2.45) is 0 Å². The topological polar surface area (TPSA) is 217 Å². The number of rotatable bonds is 16. The Morgan fingerprint density at radius 1 is 0.540 bits per heavy atom. The summed E-state index contributed by atoms with van der Waals surface area (Å²) < 4.78 is 40.3. The number of hydrogen-bond acceptors (Lipinski definition) is 16. The lowest BCUT2D eigenvalue weighted by molar-refractivity contribution is -0.143. The second-order valence-corrected chi connectivity index (χ2v) is 10.4. The molecule has 16 nitrogen and oxygen atoms in total. The van der Waals surface area contributed by atoms with E-state index in [-0.39, 0.29) is 34.1 Å². The maximum atomic E-state index is 13.9. The SMILES string of the molecule is COC(=O)COc1cc([C@@H](CC(=O)OC)C2=C(O)C(=O)C([C@H](CC(=O)OC)c3ccc(OC)c(OCC(=O)OC)c3)=C(O)C2=O)ccc1OC. The van der Waals surface area contributed by atoms with E-state index in [2.05, 4.69) is 9.47 Å². The highest BCUT2D eigenvalue weighted by atomic mass is 16.6. The minimum Gasteiger partial charge on any atom is -0.504 e. The predicted molar refractivity (Wildman–Crippen MR) is 169 cm³/mol. The van der Waals surface area contributed by atoms with Crippen LogP contribution in [0.15, 0.2) is 59.1 Å². The third kappa shape index (κ3) is 8.69. The zero-order valence-electron chi connectivity index (χ0n) is 28.1. The molecule has 0 radical (unpaired) electrons. The first-order valence-corrected chi connectivity index (χ1v) is 14.7. The molecule has 0 unspecified atom stereocenters. The number of carbonyl (C=O) groups is 6. The summed E-state index contributed by atoms with van der Waals surface area (Å²) in [5, 5.41) is 22.7. The Balaban J connectivity index is 2.18. The van der Waals surface area contributed by atoms with Crippen molar-refractivity contribution >= 4 is 35.4 Å². The molecule has 2 aromatic carbocycles. The van der Waals surface area contributed by atoms with Crippen LogP contribution in [0.2, 0.25) is 0 Å². The second kappa shape index (κ2) is 17.4. The number of Topliss-reactive ketones (excluding diaryl/α,β-unsaturated/α-hetero) is 2. The first kappa shape index (κ1) is 38.4. The Morgan fingerprint density at radius 2 is 0.880 bits per heavy atom. The fraction of sp³-hybridized carbons (Fsp3) is 0.353. The number of carbonyl (C=O) groups excluding carboxylic acids is 6. The number of esters is 4. The van der Waals surface area contributed by atoms with Gasteiger partial charge in [-0.2, -0.15) is 0 Å². The fourth-order valence-electron chi connectivity index (χ4n) is 5.07. The van der Waals surface area contributed by atoms with Gasteiger partial charge in [0.1, 0.15) is 0 Å². The molecule has 50 heavy (non-hydrogen) atoms. The smallest absolute Gasteiger partial charge is 0.343 e. The van der Waals surface area contributed by atoms with Crippen molar-refractivity contribution in [2.45, 2.75) is 24.7 Å². The van der Waals surface area contributed by atoms with Crippen LogP contribution >= 0.6 is 0 Å². The number of aliphatic hydroxyl groups is 2. The van der Waals surface area contributed by atoms with E-state index >= 15 is 0 Å². The van der Waals surface area contributed by atoms with E-state index in [1.807, 2.05) is 0 Å². The van der Waals surface area contributed by atoms with Crippen LogP contribution in [0.4, 0.5) is 0 Å². The summed E-state index contributed by atoms with van der Waals surface area (Å²) >= 11 is 0. The van der Waals surface area contributed by atoms with Gasteiger partial charge in [0.2, 0.25) is 11.6 Å². The van der Waals surface area contributed by atoms with Gasteiger partial charge in [-0.3, -0.25) is 19.2 Å². The van der Waals surface area contributed by atoms with Crippen LogP contribution < -0.4 is 18.9 Å².